The summed E-state index contributed by atoms with van der Waals surface area (Å²) in [5.41, 5.74) is 0.409. The van der Waals surface area contributed by atoms with Crippen LogP contribution in [-0.4, -0.2) is 6.54 Å². The number of hydrogen-bond acceptors (Lipinski definition) is 2. The Bertz CT molecular complexity index is 410. The van der Waals surface area contributed by atoms with Crippen molar-refractivity contribution in [3.05, 3.63) is 35.4 Å². The summed E-state index contributed by atoms with van der Waals surface area (Å²) in [5, 5.41) is 11.9. The van der Waals surface area contributed by atoms with Crippen molar-refractivity contribution in [2.75, 3.05) is 6.54 Å². The van der Waals surface area contributed by atoms with Crippen molar-refractivity contribution in [2.45, 2.75) is 20.4 Å². The largest absolute Gasteiger partial charge is 0.311 e. The van der Waals surface area contributed by atoms with Crippen LogP contribution in [-0.2, 0) is 6.54 Å². The molecule has 0 aliphatic rings. The number of hydrogen-bond donors (Lipinski definition) is 1. The van der Waals surface area contributed by atoms with Gasteiger partial charge in [0.15, 0.2) is 0 Å². The molecule has 0 heterocycles. The van der Waals surface area contributed by atoms with E-state index in [2.05, 4.69) is 11.4 Å². The Labute approximate surface area is 100 Å². The van der Waals surface area contributed by atoms with Crippen LogP contribution in [0.25, 0.3) is 0 Å². The van der Waals surface area contributed by atoms with Crippen LogP contribution in [0, 0.1) is 34.8 Å². The van der Waals surface area contributed by atoms with E-state index in [4.69, 9.17) is 5.26 Å². The van der Waals surface area contributed by atoms with Gasteiger partial charge in [0.25, 0.3) is 0 Å². The van der Waals surface area contributed by atoms with Crippen LogP contribution < -0.4 is 5.32 Å². The number of nitrogens with zero attached hydrogens (tertiary/aromatic N) is 1. The first kappa shape index (κ1) is 13.6. The van der Waals surface area contributed by atoms with Crippen molar-refractivity contribution in [3.8, 4) is 6.07 Å². The van der Waals surface area contributed by atoms with E-state index in [1.54, 1.807) is 0 Å². The van der Waals surface area contributed by atoms with Gasteiger partial charge in [-0.1, -0.05) is 19.9 Å². The summed E-state index contributed by atoms with van der Waals surface area (Å²) >= 11 is 0. The van der Waals surface area contributed by atoms with Gasteiger partial charge >= 0.3 is 0 Å². The van der Waals surface area contributed by atoms with E-state index in [1.807, 2.05) is 13.8 Å². The molecule has 0 amide bonds. The van der Waals surface area contributed by atoms with Crippen molar-refractivity contribution >= 4 is 0 Å². The Morgan fingerprint density at radius 3 is 2.59 bits per heavy atom. The van der Waals surface area contributed by atoms with E-state index in [0.29, 0.717) is 18.7 Å². The molecular weight excluding hydrogens is 222 g/mol. The Balaban J connectivity index is 2.49. The minimum Gasteiger partial charge on any atom is -0.311 e. The van der Waals surface area contributed by atoms with E-state index in [-0.39, 0.29) is 11.8 Å². The maximum absolute atomic E-state index is 13.3. The van der Waals surface area contributed by atoms with Crippen LogP contribution in [0.5, 0.6) is 0 Å². The summed E-state index contributed by atoms with van der Waals surface area (Å²) in [7, 11) is 0. The predicted octanol–water partition coefficient (Wildman–Crippen LogP) is 2.85. The summed E-state index contributed by atoms with van der Waals surface area (Å²) in [6.07, 6.45) is 0. The van der Waals surface area contributed by atoms with Crippen molar-refractivity contribution in [2.24, 2.45) is 11.8 Å². The minimum atomic E-state index is -0.580. The highest BCUT2D eigenvalue weighted by Crippen LogP contribution is 2.11. The second kappa shape index (κ2) is 6.31. The SMILES string of the molecule is CC(C)C(C#N)CNCc1ccc(F)cc1F. The number of nitrogens with one attached hydrogen (secondary N) is 1. The zero-order valence-electron chi connectivity index (χ0n) is 10.0. The van der Waals surface area contributed by atoms with Gasteiger partial charge in [-0.2, -0.15) is 5.26 Å². The number of nitriles is 1. The van der Waals surface area contributed by atoms with Crippen LogP contribution in [0.15, 0.2) is 18.2 Å². The second-order valence-corrected chi connectivity index (χ2v) is 4.35. The molecule has 1 atom stereocenters. The molecule has 0 aromatic heterocycles. The second-order valence-electron chi connectivity index (χ2n) is 4.35. The van der Waals surface area contributed by atoms with Gasteiger partial charge in [0, 0.05) is 24.7 Å². The zero-order chi connectivity index (χ0) is 12.8. The topological polar surface area (TPSA) is 35.8 Å². The molecule has 0 saturated heterocycles. The van der Waals surface area contributed by atoms with Crippen molar-refractivity contribution < 1.29 is 8.78 Å². The average Bonchev–Trinajstić information content (AvgIpc) is 2.26. The van der Waals surface area contributed by atoms with Gasteiger partial charge in [-0.05, 0) is 12.0 Å². The minimum absolute atomic E-state index is 0.0986. The van der Waals surface area contributed by atoms with Gasteiger partial charge in [0.2, 0.25) is 0 Å². The molecule has 4 heteroatoms. The van der Waals surface area contributed by atoms with Crippen LogP contribution in [0.2, 0.25) is 0 Å². The van der Waals surface area contributed by atoms with Gasteiger partial charge in [-0.25, -0.2) is 8.78 Å². The molecule has 17 heavy (non-hydrogen) atoms. The van der Waals surface area contributed by atoms with E-state index in [1.165, 1.54) is 12.1 Å². The molecule has 92 valence electrons. The highest BCUT2D eigenvalue weighted by molar-refractivity contribution is 5.18. The first-order valence-corrected chi connectivity index (χ1v) is 5.59. The van der Waals surface area contributed by atoms with Gasteiger partial charge in [0.05, 0.1) is 12.0 Å². The van der Waals surface area contributed by atoms with Gasteiger partial charge in [-0.15, -0.1) is 0 Å². The highest BCUT2D eigenvalue weighted by Gasteiger charge is 2.12. The summed E-state index contributed by atoms with van der Waals surface area (Å²) in [6, 6.07) is 5.70. The predicted molar refractivity (Wildman–Crippen MR) is 62.0 cm³/mol. The Kier molecular flexibility index (Phi) is 5.05. The zero-order valence-corrected chi connectivity index (χ0v) is 10.0. The molecule has 1 aromatic rings. The fourth-order valence-electron chi connectivity index (χ4n) is 1.46. The standard InChI is InChI=1S/C13H16F2N2/c1-9(2)11(6-16)8-17-7-10-3-4-12(14)5-13(10)15/h3-5,9,11,17H,7-8H2,1-2H3. The lowest BCUT2D eigenvalue weighted by atomic mass is 9.97. The van der Waals surface area contributed by atoms with Gasteiger partial charge in [-0.3, -0.25) is 0 Å². The fraction of sp³-hybridized carbons (Fsp3) is 0.462. The molecule has 0 aliphatic heterocycles. The van der Waals surface area contributed by atoms with E-state index in [9.17, 15) is 8.78 Å². The first-order valence-electron chi connectivity index (χ1n) is 5.59. The lowest BCUT2D eigenvalue weighted by Crippen LogP contribution is -2.25. The third kappa shape index (κ3) is 4.12. The normalized spacial score (nSPS) is 12.5. The molecule has 0 saturated carbocycles. The van der Waals surface area contributed by atoms with Gasteiger partial charge in [0.1, 0.15) is 11.6 Å². The van der Waals surface area contributed by atoms with Crippen LogP contribution in [0.4, 0.5) is 8.78 Å². The Hall–Kier alpha value is -1.47. The molecule has 1 aromatic carbocycles. The summed E-state index contributed by atoms with van der Waals surface area (Å²) in [5.74, 6) is -0.983. The number of benzene rings is 1. The Morgan fingerprint density at radius 1 is 1.35 bits per heavy atom. The lowest BCUT2D eigenvalue weighted by Gasteiger charge is -2.13. The van der Waals surface area contributed by atoms with E-state index in [0.717, 1.165) is 6.07 Å². The molecule has 0 aliphatic carbocycles. The molecule has 0 spiro atoms. The van der Waals surface area contributed by atoms with E-state index < -0.39 is 11.6 Å². The molecule has 2 nitrogen and oxygen atoms in total. The monoisotopic (exact) mass is 238 g/mol. The van der Waals surface area contributed by atoms with Crippen molar-refractivity contribution in [1.29, 1.82) is 5.26 Å². The van der Waals surface area contributed by atoms with E-state index >= 15 is 0 Å². The average molecular weight is 238 g/mol. The highest BCUT2D eigenvalue weighted by atomic mass is 19.1. The van der Waals surface area contributed by atoms with Crippen LogP contribution >= 0.6 is 0 Å². The molecule has 1 unspecified atom stereocenters. The molecule has 0 fully saturated rings. The maximum atomic E-state index is 13.3. The lowest BCUT2D eigenvalue weighted by molar-refractivity contribution is 0.439. The van der Waals surface area contributed by atoms with Crippen molar-refractivity contribution in [1.82, 2.24) is 5.32 Å². The summed E-state index contributed by atoms with van der Waals surface area (Å²) < 4.78 is 25.9. The number of halogens is 2. The Morgan fingerprint density at radius 2 is 2.06 bits per heavy atom. The number of rotatable bonds is 5. The quantitative estimate of drug-likeness (QED) is 0.856. The third-order valence-corrected chi connectivity index (χ3v) is 2.67. The molecule has 1 N–H and O–H groups in total. The smallest absolute Gasteiger partial charge is 0.130 e. The van der Waals surface area contributed by atoms with Crippen LogP contribution in [0.1, 0.15) is 19.4 Å². The first-order chi connectivity index (χ1) is 8.04. The molecule has 0 bridgehead atoms. The van der Waals surface area contributed by atoms with Gasteiger partial charge < -0.3 is 5.32 Å². The van der Waals surface area contributed by atoms with Crippen LogP contribution in [0.3, 0.4) is 0 Å². The third-order valence-electron chi connectivity index (χ3n) is 2.67. The fourth-order valence-corrected chi connectivity index (χ4v) is 1.46. The maximum Gasteiger partial charge on any atom is 0.130 e. The molecular formula is C13H16F2N2. The molecule has 1 rings (SSSR count). The van der Waals surface area contributed by atoms with Crippen molar-refractivity contribution in [3.63, 3.8) is 0 Å². The summed E-state index contributed by atoms with van der Waals surface area (Å²) in [4.78, 5) is 0. The molecule has 0 radical (unpaired) electrons. The summed E-state index contributed by atoms with van der Waals surface area (Å²) in [6.45, 7) is 4.74.